The first kappa shape index (κ1) is 22.1. The summed E-state index contributed by atoms with van der Waals surface area (Å²) in [6, 6.07) is 12.2. The topological polar surface area (TPSA) is 67.4 Å². The lowest BCUT2D eigenvalue weighted by Crippen LogP contribution is -2.40. The highest BCUT2D eigenvalue weighted by molar-refractivity contribution is 8.00. The van der Waals surface area contributed by atoms with E-state index in [-0.39, 0.29) is 17.2 Å². The number of anilines is 2. The minimum atomic E-state index is -0.285. The molecule has 174 valence electrons. The summed E-state index contributed by atoms with van der Waals surface area (Å²) in [5, 5.41) is 9.55. The minimum absolute atomic E-state index is 0.110. The smallest absolute Gasteiger partial charge is 0.240 e. The molecule has 0 spiro atoms. The summed E-state index contributed by atoms with van der Waals surface area (Å²) in [5.74, 6) is 2.56. The van der Waals surface area contributed by atoms with Crippen LogP contribution in [0, 0.1) is 5.92 Å². The van der Waals surface area contributed by atoms with Crippen LogP contribution in [0.2, 0.25) is 0 Å². The van der Waals surface area contributed by atoms with Crippen molar-refractivity contribution in [1.82, 2.24) is 14.8 Å². The maximum atomic E-state index is 13.5. The Balaban J connectivity index is 1.39. The number of nitrogens with zero attached hydrogens (tertiary/aromatic N) is 5. The van der Waals surface area contributed by atoms with E-state index in [1.165, 1.54) is 17.3 Å². The summed E-state index contributed by atoms with van der Waals surface area (Å²) in [7, 11) is 0. The number of para-hydroxylation sites is 1. The summed E-state index contributed by atoms with van der Waals surface area (Å²) in [6.07, 6.45) is 4.88. The van der Waals surface area contributed by atoms with Crippen LogP contribution in [0.25, 0.3) is 0 Å². The molecule has 0 bridgehead atoms. The van der Waals surface area contributed by atoms with Crippen LogP contribution in [-0.4, -0.2) is 45.1 Å². The van der Waals surface area contributed by atoms with Crippen molar-refractivity contribution < 1.29 is 9.21 Å². The summed E-state index contributed by atoms with van der Waals surface area (Å²) in [6.45, 7) is 8.88. The number of hydrogen-bond donors (Lipinski definition) is 0. The van der Waals surface area contributed by atoms with Crippen molar-refractivity contribution in [1.29, 1.82) is 0 Å². The standard InChI is InChI=1S/C25H31N5O2S/c1-17-10-12-28(13-11-17)24-26-27-25(29(24)16-21-8-6-14-32-21)33-19(3)23(31)30-18(2)15-20-7-4-5-9-22(20)30/h4-9,14,17-19H,10-13,15-16H2,1-3H3. The number of carbonyl (C=O) groups is 1. The van der Waals surface area contributed by atoms with E-state index in [4.69, 9.17) is 4.42 Å². The Morgan fingerprint density at radius 3 is 2.70 bits per heavy atom. The lowest BCUT2D eigenvalue weighted by molar-refractivity contribution is -0.118. The highest BCUT2D eigenvalue weighted by Crippen LogP contribution is 2.35. The first-order valence-electron chi connectivity index (χ1n) is 11.8. The van der Waals surface area contributed by atoms with Gasteiger partial charge in [0, 0.05) is 24.8 Å². The van der Waals surface area contributed by atoms with Gasteiger partial charge in [-0.05, 0) is 62.8 Å². The fourth-order valence-corrected chi connectivity index (χ4v) is 5.71. The van der Waals surface area contributed by atoms with Crippen LogP contribution in [0.3, 0.4) is 0 Å². The third-order valence-corrected chi connectivity index (χ3v) is 7.80. The van der Waals surface area contributed by atoms with Crippen LogP contribution in [0.15, 0.2) is 52.2 Å². The van der Waals surface area contributed by atoms with E-state index in [2.05, 4.69) is 39.6 Å². The lowest BCUT2D eigenvalue weighted by atomic mass is 10.00. The highest BCUT2D eigenvalue weighted by atomic mass is 32.2. The Kier molecular flexibility index (Phi) is 6.19. The van der Waals surface area contributed by atoms with Gasteiger partial charge in [0.1, 0.15) is 5.76 Å². The third-order valence-electron chi connectivity index (χ3n) is 6.73. The number of rotatable bonds is 6. The SMILES string of the molecule is CC1CCN(c2nnc(SC(C)C(=O)N3c4ccccc4CC3C)n2Cc2ccco2)CC1. The van der Waals surface area contributed by atoms with Crippen molar-refractivity contribution in [3.8, 4) is 0 Å². The molecule has 0 radical (unpaired) electrons. The zero-order valence-electron chi connectivity index (χ0n) is 19.5. The first-order chi connectivity index (χ1) is 16.0. The van der Waals surface area contributed by atoms with Crippen LogP contribution in [-0.2, 0) is 17.8 Å². The molecule has 0 N–H and O–H groups in total. The summed E-state index contributed by atoms with van der Waals surface area (Å²) < 4.78 is 7.73. The second kappa shape index (κ2) is 9.25. The fourth-order valence-electron chi connectivity index (χ4n) is 4.81. The molecule has 2 atom stereocenters. The summed E-state index contributed by atoms with van der Waals surface area (Å²) in [5.41, 5.74) is 2.26. The number of amides is 1. The summed E-state index contributed by atoms with van der Waals surface area (Å²) in [4.78, 5) is 17.8. The monoisotopic (exact) mass is 465 g/mol. The molecule has 2 aliphatic heterocycles. The van der Waals surface area contributed by atoms with Crippen molar-refractivity contribution in [3.63, 3.8) is 0 Å². The molecule has 0 aliphatic carbocycles. The van der Waals surface area contributed by atoms with Crippen LogP contribution in [0.1, 0.15) is 44.9 Å². The molecule has 7 nitrogen and oxygen atoms in total. The number of carbonyl (C=O) groups excluding carboxylic acids is 1. The predicted octanol–water partition coefficient (Wildman–Crippen LogP) is 4.61. The van der Waals surface area contributed by atoms with E-state index in [1.54, 1.807) is 6.26 Å². The van der Waals surface area contributed by atoms with E-state index in [1.807, 2.05) is 42.2 Å². The van der Waals surface area contributed by atoms with Gasteiger partial charge in [-0.1, -0.05) is 36.9 Å². The number of aromatic nitrogens is 3. The maximum absolute atomic E-state index is 13.5. The number of hydrogen-bond acceptors (Lipinski definition) is 6. The van der Waals surface area contributed by atoms with Crippen molar-refractivity contribution >= 4 is 29.3 Å². The molecule has 4 heterocycles. The Hall–Kier alpha value is -2.74. The number of piperidine rings is 1. The largest absolute Gasteiger partial charge is 0.467 e. The molecule has 3 aromatic rings. The van der Waals surface area contributed by atoms with Gasteiger partial charge in [-0.3, -0.25) is 9.36 Å². The third kappa shape index (κ3) is 4.40. The number of fused-ring (bicyclic) bond motifs is 1. The zero-order chi connectivity index (χ0) is 22.9. The quantitative estimate of drug-likeness (QED) is 0.495. The van der Waals surface area contributed by atoms with Crippen LogP contribution < -0.4 is 9.80 Å². The van der Waals surface area contributed by atoms with Crippen molar-refractivity contribution in [2.24, 2.45) is 5.92 Å². The molecule has 5 rings (SSSR count). The lowest BCUT2D eigenvalue weighted by Gasteiger charge is -2.31. The Labute approximate surface area is 199 Å². The molecule has 8 heteroatoms. The zero-order valence-corrected chi connectivity index (χ0v) is 20.3. The molecule has 33 heavy (non-hydrogen) atoms. The maximum Gasteiger partial charge on any atom is 0.240 e. The molecule has 1 fully saturated rings. The van der Waals surface area contributed by atoms with Crippen molar-refractivity contribution in [3.05, 3.63) is 54.0 Å². The van der Waals surface area contributed by atoms with Gasteiger partial charge in [-0.2, -0.15) is 0 Å². The molecule has 2 aromatic heterocycles. The second-order valence-corrected chi connectivity index (χ2v) is 10.6. The molecule has 1 amide bonds. The normalized spacial score (nSPS) is 19.7. The van der Waals surface area contributed by atoms with Crippen LogP contribution >= 0.6 is 11.8 Å². The van der Waals surface area contributed by atoms with Gasteiger partial charge >= 0.3 is 0 Å². The van der Waals surface area contributed by atoms with E-state index in [0.717, 1.165) is 60.8 Å². The molecular formula is C25H31N5O2S. The highest BCUT2D eigenvalue weighted by Gasteiger charge is 2.34. The first-order valence-corrected chi connectivity index (χ1v) is 12.7. The molecule has 2 aliphatic rings. The van der Waals surface area contributed by atoms with E-state index in [0.29, 0.717) is 6.54 Å². The number of furan rings is 1. The van der Waals surface area contributed by atoms with E-state index < -0.39 is 0 Å². The second-order valence-electron chi connectivity index (χ2n) is 9.27. The van der Waals surface area contributed by atoms with Crippen molar-refractivity contribution in [2.75, 3.05) is 22.9 Å². The number of benzene rings is 1. The van der Waals surface area contributed by atoms with Gasteiger partial charge in [0.05, 0.1) is 18.1 Å². The van der Waals surface area contributed by atoms with Gasteiger partial charge in [0.25, 0.3) is 0 Å². The van der Waals surface area contributed by atoms with Crippen LogP contribution in [0.5, 0.6) is 0 Å². The molecule has 1 aromatic carbocycles. The van der Waals surface area contributed by atoms with Gasteiger partial charge in [0.15, 0.2) is 5.16 Å². The average molecular weight is 466 g/mol. The molecular weight excluding hydrogens is 434 g/mol. The van der Waals surface area contributed by atoms with Crippen molar-refractivity contribution in [2.45, 2.75) is 63.0 Å². The van der Waals surface area contributed by atoms with Gasteiger partial charge in [0.2, 0.25) is 11.9 Å². The van der Waals surface area contributed by atoms with Gasteiger partial charge in [-0.25, -0.2) is 0 Å². The van der Waals surface area contributed by atoms with Gasteiger partial charge < -0.3 is 14.2 Å². The molecule has 1 saturated heterocycles. The summed E-state index contributed by atoms with van der Waals surface area (Å²) >= 11 is 1.48. The Morgan fingerprint density at radius 2 is 1.94 bits per heavy atom. The average Bonchev–Trinajstić information content (AvgIpc) is 3.53. The Bertz CT molecular complexity index is 1100. The Morgan fingerprint density at radius 1 is 1.15 bits per heavy atom. The molecule has 2 unspecified atom stereocenters. The fraction of sp³-hybridized carbons (Fsp3) is 0.480. The van der Waals surface area contributed by atoms with E-state index in [9.17, 15) is 4.79 Å². The van der Waals surface area contributed by atoms with Crippen LogP contribution in [0.4, 0.5) is 11.6 Å². The molecule has 0 saturated carbocycles. The van der Waals surface area contributed by atoms with Gasteiger partial charge in [-0.15, -0.1) is 10.2 Å². The predicted molar refractivity (Wildman–Crippen MR) is 131 cm³/mol. The number of thioether (sulfide) groups is 1. The minimum Gasteiger partial charge on any atom is -0.467 e. The van der Waals surface area contributed by atoms with E-state index >= 15 is 0 Å².